The molecule has 1 aliphatic heterocycles. The summed E-state index contributed by atoms with van der Waals surface area (Å²) >= 11 is 5.78. The summed E-state index contributed by atoms with van der Waals surface area (Å²) in [7, 11) is -2.14. The van der Waals surface area contributed by atoms with Crippen LogP contribution in [0.15, 0.2) is 23.1 Å². The maximum absolute atomic E-state index is 12.1. The maximum atomic E-state index is 12.1. The lowest BCUT2D eigenvalue weighted by Crippen LogP contribution is -2.56. The van der Waals surface area contributed by atoms with Crippen LogP contribution in [-0.2, 0) is 10.0 Å². The minimum atomic E-state index is -3.55. The Kier molecular flexibility index (Phi) is 3.58. The number of halogens is 1. The molecule has 94 valence electrons. The van der Waals surface area contributed by atoms with Gasteiger partial charge in [0.25, 0.3) is 0 Å². The first-order valence-corrected chi connectivity index (χ1v) is 6.95. The molecule has 17 heavy (non-hydrogen) atoms. The lowest BCUT2D eigenvalue weighted by atomic mass is 10.2. The highest BCUT2D eigenvalue weighted by Crippen LogP contribution is 2.27. The summed E-state index contributed by atoms with van der Waals surface area (Å²) in [6.45, 7) is 1.30. The quantitative estimate of drug-likeness (QED) is 0.845. The third-order valence-corrected chi connectivity index (χ3v) is 4.31. The van der Waals surface area contributed by atoms with E-state index in [9.17, 15) is 8.42 Å². The van der Waals surface area contributed by atoms with Crippen LogP contribution in [0, 0.1) is 0 Å². The van der Waals surface area contributed by atoms with Gasteiger partial charge in [0.1, 0.15) is 10.6 Å². The van der Waals surface area contributed by atoms with Crippen molar-refractivity contribution in [2.24, 2.45) is 0 Å². The van der Waals surface area contributed by atoms with E-state index in [0.29, 0.717) is 18.1 Å². The van der Waals surface area contributed by atoms with Crippen LogP contribution in [0.5, 0.6) is 5.75 Å². The van der Waals surface area contributed by atoms with Gasteiger partial charge in [0.2, 0.25) is 10.0 Å². The number of benzene rings is 1. The molecule has 0 atom stereocenters. The first-order chi connectivity index (χ1) is 8.03. The van der Waals surface area contributed by atoms with E-state index in [2.05, 4.69) is 10.0 Å². The second kappa shape index (κ2) is 4.81. The van der Waals surface area contributed by atoms with Gasteiger partial charge in [-0.1, -0.05) is 11.6 Å². The van der Waals surface area contributed by atoms with Gasteiger partial charge >= 0.3 is 0 Å². The van der Waals surface area contributed by atoms with E-state index >= 15 is 0 Å². The zero-order valence-corrected chi connectivity index (χ0v) is 10.8. The highest BCUT2D eigenvalue weighted by atomic mass is 35.5. The Morgan fingerprint density at radius 2 is 2.18 bits per heavy atom. The number of methoxy groups -OCH3 is 1. The van der Waals surface area contributed by atoms with Gasteiger partial charge in [-0.3, -0.25) is 0 Å². The van der Waals surface area contributed by atoms with Crippen LogP contribution < -0.4 is 14.8 Å². The molecular weight excluding hydrogens is 264 g/mol. The number of rotatable bonds is 4. The molecule has 2 rings (SSSR count). The summed E-state index contributed by atoms with van der Waals surface area (Å²) in [5.74, 6) is 0.247. The zero-order valence-electron chi connectivity index (χ0n) is 9.23. The number of hydrogen-bond donors (Lipinski definition) is 2. The lowest BCUT2D eigenvalue weighted by molar-refractivity contribution is 0.395. The molecule has 0 radical (unpaired) electrons. The molecule has 1 saturated heterocycles. The Balaban J connectivity index is 2.31. The third-order valence-electron chi connectivity index (χ3n) is 2.52. The molecule has 1 aliphatic rings. The Hall–Kier alpha value is -0.820. The van der Waals surface area contributed by atoms with Crippen molar-refractivity contribution in [3.63, 3.8) is 0 Å². The molecule has 0 saturated carbocycles. The number of nitrogens with one attached hydrogen (secondary N) is 2. The molecule has 0 spiro atoms. The molecule has 0 unspecified atom stereocenters. The van der Waals surface area contributed by atoms with Crippen molar-refractivity contribution in [1.29, 1.82) is 0 Å². The average Bonchev–Trinajstić information content (AvgIpc) is 2.23. The molecule has 7 heteroatoms. The molecule has 0 amide bonds. The Morgan fingerprint density at radius 1 is 1.47 bits per heavy atom. The Bertz CT molecular complexity index is 514. The van der Waals surface area contributed by atoms with Crippen molar-refractivity contribution in [3.05, 3.63) is 23.2 Å². The van der Waals surface area contributed by atoms with Crippen LogP contribution in [0.25, 0.3) is 0 Å². The second-order valence-electron chi connectivity index (χ2n) is 3.77. The topological polar surface area (TPSA) is 67.4 Å². The van der Waals surface area contributed by atoms with Crippen molar-refractivity contribution < 1.29 is 13.2 Å². The van der Waals surface area contributed by atoms with E-state index in [-0.39, 0.29) is 16.7 Å². The van der Waals surface area contributed by atoms with Crippen LogP contribution in [0.4, 0.5) is 0 Å². The maximum Gasteiger partial charge on any atom is 0.244 e. The Morgan fingerprint density at radius 3 is 2.71 bits per heavy atom. The van der Waals surface area contributed by atoms with Gasteiger partial charge in [-0.25, -0.2) is 13.1 Å². The second-order valence-corrected chi connectivity index (χ2v) is 5.89. The van der Waals surface area contributed by atoms with E-state index in [4.69, 9.17) is 16.3 Å². The fourth-order valence-electron chi connectivity index (χ4n) is 1.52. The fraction of sp³-hybridized carbons (Fsp3) is 0.400. The van der Waals surface area contributed by atoms with Crippen LogP contribution in [-0.4, -0.2) is 34.7 Å². The minimum absolute atomic E-state index is 0.0552. The highest BCUT2D eigenvalue weighted by Gasteiger charge is 2.26. The predicted octanol–water partition coefficient (Wildman–Crippen LogP) is 0.599. The summed E-state index contributed by atoms with van der Waals surface area (Å²) < 4.78 is 31.7. The lowest BCUT2D eigenvalue weighted by Gasteiger charge is -2.27. The van der Waals surface area contributed by atoms with E-state index < -0.39 is 10.0 Å². The van der Waals surface area contributed by atoms with Gasteiger partial charge in [-0.05, 0) is 12.1 Å². The van der Waals surface area contributed by atoms with Gasteiger partial charge in [-0.2, -0.15) is 0 Å². The first kappa shape index (κ1) is 12.6. The number of ether oxygens (including phenoxy) is 1. The van der Waals surface area contributed by atoms with Crippen LogP contribution >= 0.6 is 11.6 Å². The third kappa shape index (κ3) is 2.71. The first-order valence-electron chi connectivity index (χ1n) is 5.09. The molecule has 5 nitrogen and oxygen atoms in total. The van der Waals surface area contributed by atoms with Crippen LogP contribution in [0.3, 0.4) is 0 Å². The van der Waals surface area contributed by atoms with Gasteiger partial charge in [-0.15, -0.1) is 0 Å². The van der Waals surface area contributed by atoms with Crippen molar-refractivity contribution >= 4 is 21.6 Å². The fourth-order valence-corrected chi connectivity index (χ4v) is 3.07. The molecule has 1 aromatic rings. The van der Waals surface area contributed by atoms with Gasteiger partial charge in [0.15, 0.2) is 0 Å². The molecular formula is C10H13ClN2O3S. The minimum Gasteiger partial charge on any atom is -0.495 e. The standard InChI is InChI=1S/C10H13ClN2O3S/c1-16-9-4-7(11)2-3-10(9)17(14,15)13-8-5-12-6-8/h2-4,8,12-13H,5-6H2,1H3. The smallest absolute Gasteiger partial charge is 0.244 e. The van der Waals surface area contributed by atoms with Crippen molar-refractivity contribution in [2.75, 3.05) is 20.2 Å². The normalized spacial score (nSPS) is 16.6. The zero-order chi connectivity index (χ0) is 12.5. The number of sulfonamides is 1. The van der Waals surface area contributed by atoms with Crippen molar-refractivity contribution in [3.8, 4) is 5.75 Å². The van der Waals surface area contributed by atoms with Gasteiger partial charge < -0.3 is 10.1 Å². The molecule has 0 aromatic heterocycles. The molecule has 1 heterocycles. The summed E-state index contributed by atoms with van der Waals surface area (Å²) in [5, 5.41) is 3.43. The molecule has 1 fully saturated rings. The molecule has 0 bridgehead atoms. The summed E-state index contributed by atoms with van der Waals surface area (Å²) in [5.41, 5.74) is 0. The van der Waals surface area contributed by atoms with Crippen molar-refractivity contribution in [1.82, 2.24) is 10.0 Å². The summed E-state index contributed by atoms with van der Waals surface area (Å²) in [4.78, 5) is 0.108. The van der Waals surface area contributed by atoms with Crippen molar-refractivity contribution in [2.45, 2.75) is 10.9 Å². The van der Waals surface area contributed by atoms with E-state index in [1.54, 1.807) is 0 Å². The Labute approximate surface area is 105 Å². The summed E-state index contributed by atoms with van der Waals surface area (Å²) in [6, 6.07) is 4.39. The van der Waals surface area contributed by atoms with E-state index in [1.807, 2.05) is 0 Å². The van der Waals surface area contributed by atoms with E-state index in [0.717, 1.165) is 0 Å². The van der Waals surface area contributed by atoms with Crippen LogP contribution in [0.2, 0.25) is 5.02 Å². The largest absolute Gasteiger partial charge is 0.495 e. The molecule has 0 aliphatic carbocycles. The van der Waals surface area contributed by atoms with Gasteiger partial charge in [0, 0.05) is 30.2 Å². The average molecular weight is 277 g/mol. The molecule has 2 N–H and O–H groups in total. The SMILES string of the molecule is COc1cc(Cl)ccc1S(=O)(=O)NC1CNC1. The van der Waals surface area contributed by atoms with Crippen LogP contribution in [0.1, 0.15) is 0 Å². The van der Waals surface area contributed by atoms with Gasteiger partial charge in [0.05, 0.1) is 7.11 Å². The predicted molar refractivity (Wildman–Crippen MR) is 65.0 cm³/mol. The monoisotopic (exact) mass is 276 g/mol. The van der Waals surface area contributed by atoms with E-state index in [1.165, 1.54) is 25.3 Å². The molecule has 1 aromatic carbocycles. The number of hydrogen-bond acceptors (Lipinski definition) is 4. The highest BCUT2D eigenvalue weighted by molar-refractivity contribution is 7.89. The summed E-state index contributed by atoms with van der Waals surface area (Å²) in [6.07, 6.45) is 0.